The Morgan fingerprint density at radius 2 is 1.76 bits per heavy atom. The molecule has 1 saturated heterocycles. The summed E-state index contributed by atoms with van der Waals surface area (Å²) >= 11 is 5.92. The topological polar surface area (TPSA) is 121 Å². The molecule has 1 saturated carbocycles. The number of nitrogens with zero attached hydrogens (tertiary/aromatic N) is 1. The van der Waals surface area contributed by atoms with Gasteiger partial charge < -0.3 is 26.0 Å². The van der Waals surface area contributed by atoms with Gasteiger partial charge in [0.25, 0.3) is 0 Å². The quantitative estimate of drug-likeness (QED) is 0.219. The summed E-state index contributed by atoms with van der Waals surface area (Å²) in [6.45, 7) is 13.4. The molecule has 1 aliphatic carbocycles. The van der Waals surface area contributed by atoms with E-state index < -0.39 is 12.1 Å². The van der Waals surface area contributed by atoms with Crippen LogP contribution < -0.4 is 16.4 Å². The zero-order valence-electron chi connectivity index (χ0n) is 21.8. The van der Waals surface area contributed by atoms with Crippen LogP contribution in [0.4, 0.5) is 4.79 Å². The molecule has 34 heavy (non-hydrogen) atoms. The first-order chi connectivity index (χ1) is 15.8. The molecule has 0 spiro atoms. The predicted octanol–water partition coefficient (Wildman–Crippen LogP) is 3.82. The first-order valence-electron chi connectivity index (χ1n) is 12.7. The maximum Gasteiger partial charge on any atom is 0.407 e. The number of alkyl carbamates (subject to hydrolysis) is 1. The second-order valence-electron chi connectivity index (χ2n) is 11.1. The molecule has 9 heteroatoms. The zero-order valence-corrected chi connectivity index (χ0v) is 22.6. The fourth-order valence-electron chi connectivity index (χ4n) is 4.77. The Morgan fingerprint density at radius 1 is 1.15 bits per heavy atom. The average molecular weight is 496 g/mol. The van der Waals surface area contributed by atoms with Crippen molar-refractivity contribution >= 4 is 35.0 Å². The zero-order chi connectivity index (χ0) is 25.6. The second kappa shape index (κ2) is 12.2. The van der Waals surface area contributed by atoms with Crippen molar-refractivity contribution in [1.29, 1.82) is 5.41 Å². The molecule has 5 N–H and O–H groups in total. The molecular weight excluding hydrogens is 450 g/mol. The van der Waals surface area contributed by atoms with Gasteiger partial charge in [0.05, 0.1) is 18.0 Å². The number of carbonyl (C=O) groups is 2. The molecule has 2 rings (SSSR count). The van der Waals surface area contributed by atoms with Crippen molar-refractivity contribution in [2.75, 3.05) is 13.1 Å². The molecule has 0 aromatic rings. The third-order valence-electron chi connectivity index (χ3n) is 7.77. The van der Waals surface area contributed by atoms with Crippen LogP contribution in [0.25, 0.3) is 0 Å². The van der Waals surface area contributed by atoms with E-state index in [0.29, 0.717) is 24.0 Å². The first kappa shape index (κ1) is 28.3. The monoisotopic (exact) mass is 495 g/mol. The van der Waals surface area contributed by atoms with Crippen LogP contribution in [-0.2, 0) is 9.53 Å². The largest absolute Gasteiger partial charge is 0.447 e. The molecule has 8 nitrogen and oxygen atoms in total. The van der Waals surface area contributed by atoms with Gasteiger partial charge in [-0.05, 0) is 69.6 Å². The van der Waals surface area contributed by atoms with Gasteiger partial charge in [-0.2, -0.15) is 0 Å². The van der Waals surface area contributed by atoms with Crippen molar-refractivity contribution < 1.29 is 14.3 Å². The minimum Gasteiger partial charge on any atom is -0.447 e. The highest BCUT2D eigenvalue weighted by Crippen LogP contribution is 2.34. The molecule has 1 aliphatic heterocycles. The van der Waals surface area contributed by atoms with E-state index in [2.05, 4.69) is 38.3 Å². The lowest BCUT2D eigenvalue weighted by Crippen LogP contribution is -2.59. The van der Waals surface area contributed by atoms with Gasteiger partial charge in [-0.25, -0.2) is 4.79 Å². The number of nitrogens with one attached hydrogen (secondary N) is 3. The molecular formula is C25H45N5O3S. The van der Waals surface area contributed by atoms with Crippen LogP contribution in [0.15, 0.2) is 0 Å². The van der Waals surface area contributed by atoms with E-state index in [1.54, 1.807) is 0 Å². The molecule has 0 bridgehead atoms. The van der Waals surface area contributed by atoms with Crippen LogP contribution in [0.2, 0.25) is 0 Å². The minimum atomic E-state index is -0.488. The first-order valence-corrected chi connectivity index (χ1v) is 13.1. The van der Waals surface area contributed by atoms with Crippen molar-refractivity contribution in [1.82, 2.24) is 15.5 Å². The van der Waals surface area contributed by atoms with Gasteiger partial charge >= 0.3 is 6.09 Å². The van der Waals surface area contributed by atoms with Gasteiger partial charge in [0.1, 0.15) is 11.0 Å². The SMILES string of the molecule is CC(C)OC(=O)N[C@H](C(=S)N1CCC[C@H]1C(=O)NCC1CCC(C(=N)N)CC1)C(C)(C)C(C)C. The number of amidine groups is 1. The summed E-state index contributed by atoms with van der Waals surface area (Å²) in [5.74, 6) is 1.13. The average Bonchev–Trinajstić information content (AvgIpc) is 3.25. The van der Waals surface area contributed by atoms with Crippen LogP contribution in [0.1, 0.15) is 80.1 Å². The number of rotatable bonds is 9. The van der Waals surface area contributed by atoms with E-state index in [1.807, 2.05) is 18.7 Å². The van der Waals surface area contributed by atoms with E-state index >= 15 is 0 Å². The number of hydrogen-bond donors (Lipinski definition) is 4. The lowest BCUT2D eigenvalue weighted by atomic mass is 9.74. The maximum atomic E-state index is 13.2. The van der Waals surface area contributed by atoms with E-state index in [0.717, 1.165) is 38.5 Å². The summed E-state index contributed by atoms with van der Waals surface area (Å²) in [5.41, 5.74) is 5.32. The highest BCUT2D eigenvalue weighted by Gasteiger charge is 2.43. The number of nitrogens with two attached hydrogens (primary N) is 1. The Bertz CT molecular complexity index is 747. The Labute approximate surface area is 210 Å². The fraction of sp³-hybridized carbons (Fsp3) is 0.840. The van der Waals surface area contributed by atoms with Gasteiger partial charge in [0.2, 0.25) is 5.91 Å². The highest BCUT2D eigenvalue weighted by molar-refractivity contribution is 7.80. The van der Waals surface area contributed by atoms with Gasteiger partial charge in [-0.1, -0.05) is 39.9 Å². The van der Waals surface area contributed by atoms with Gasteiger partial charge in [-0.3, -0.25) is 10.2 Å². The van der Waals surface area contributed by atoms with Crippen molar-refractivity contribution in [2.45, 2.75) is 98.3 Å². The van der Waals surface area contributed by atoms with Crippen molar-refractivity contribution in [2.24, 2.45) is 28.9 Å². The molecule has 0 unspecified atom stereocenters. The number of hydrogen-bond acceptors (Lipinski definition) is 5. The number of likely N-dealkylation sites (tertiary alicyclic amines) is 1. The lowest BCUT2D eigenvalue weighted by Gasteiger charge is -2.42. The molecule has 1 heterocycles. The van der Waals surface area contributed by atoms with Gasteiger partial charge in [-0.15, -0.1) is 0 Å². The van der Waals surface area contributed by atoms with Gasteiger partial charge in [0.15, 0.2) is 0 Å². The Kier molecular flexibility index (Phi) is 10.2. The summed E-state index contributed by atoms with van der Waals surface area (Å²) < 4.78 is 5.34. The normalized spacial score (nSPS) is 24.1. The Balaban J connectivity index is 2.04. The summed E-state index contributed by atoms with van der Waals surface area (Å²) in [4.78, 5) is 28.3. The summed E-state index contributed by atoms with van der Waals surface area (Å²) in [7, 11) is 0. The number of ether oxygens (including phenoxy) is 1. The van der Waals surface area contributed by atoms with E-state index in [4.69, 9.17) is 28.1 Å². The van der Waals surface area contributed by atoms with Gasteiger partial charge in [0, 0.05) is 19.0 Å². The highest BCUT2D eigenvalue weighted by atomic mass is 32.1. The van der Waals surface area contributed by atoms with Crippen LogP contribution in [-0.4, -0.2) is 59.0 Å². The number of amides is 2. The molecule has 2 atom stereocenters. The number of thiocarbonyl (C=S) groups is 1. The smallest absolute Gasteiger partial charge is 0.407 e. The molecule has 0 radical (unpaired) electrons. The summed E-state index contributed by atoms with van der Waals surface area (Å²) in [6.07, 6.45) is 4.69. The predicted molar refractivity (Wildman–Crippen MR) is 140 cm³/mol. The second-order valence-corrected chi connectivity index (χ2v) is 11.5. The summed E-state index contributed by atoms with van der Waals surface area (Å²) in [5, 5.41) is 13.8. The van der Waals surface area contributed by atoms with E-state index in [1.165, 1.54) is 0 Å². The van der Waals surface area contributed by atoms with Crippen LogP contribution in [0.3, 0.4) is 0 Å². The molecule has 194 valence electrons. The van der Waals surface area contributed by atoms with E-state index in [-0.39, 0.29) is 41.1 Å². The van der Waals surface area contributed by atoms with Crippen molar-refractivity contribution in [3.8, 4) is 0 Å². The lowest BCUT2D eigenvalue weighted by molar-refractivity contribution is -0.124. The van der Waals surface area contributed by atoms with Crippen molar-refractivity contribution in [3.63, 3.8) is 0 Å². The fourth-order valence-corrected chi connectivity index (χ4v) is 5.36. The Morgan fingerprint density at radius 3 is 2.29 bits per heavy atom. The van der Waals surface area contributed by atoms with Crippen LogP contribution >= 0.6 is 12.2 Å². The van der Waals surface area contributed by atoms with Crippen LogP contribution in [0.5, 0.6) is 0 Å². The molecule has 2 amide bonds. The summed E-state index contributed by atoms with van der Waals surface area (Å²) in [6, 6.07) is -0.751. The molecule has 0 aromatic heterocycles. The molecule has 0 aromatic carbocycles. The molecule has 2 fully saturated rings. The maximum absolute atomic E-state index is 13.2. The Hall–Kier alpha value is -1.90. The van der Waals surface area contributed by atoms with Crippen molar-refractivity contribution in [3.05, 3.63) is 0 Å². The third kappa shape index (κ3) is 7.30. The van der Waals surface area contributed by atoms with E-state index in [9.17, 15) is 9.59 Å². The minimum absolute atomic E-state index is 0.000554. The standard InChI is InChI=1S/C25H45N5O3S/c1-15(2)25(5,6)20(29-24(32)33-16(3)4)23(34)30-13-7-8-19(30)22(31)28-14-17-9-11-18(12-10-17)21(26)27/h15-20H,7-14H2,1-6H3,(H3,26,27)(H,28,31)(H,29,32)/t17?,18?,19-,20+/m0/s1. The third-order valence-corrected chi connectivity index (χ3v) is 8.24. The van der Waals surface area contributed by atoms with Crippen LogP contribution in [0, 0.1) is 28.6 Å². The number of carbonyl (C=O) groups excluding carboxylic acids is 2. The molecule has 2 aliphatic rings.